The van der Waals surface area contributed by atoms with E-state index in [9.17, 15) is 14.4 Å². The zero-order valence-electron chi connectivity index (χ0n) is 16.6. The molecule has 0 aliphatic rings. The molecule has 0 radical (unpaired) electrons. The predicted octanol–water partition coefficient (Wildman–Crippen LogP) is 2.79. The number of ether oxygens (including phenoxy) is 2. The Morgan fingerprint density at radius 2 is 1.37 bits per heavy atom. The molecule has 2 rings (SSSR count). The molecule has 0 aliphatic carbocycles. The molecule has 0 saturated heterocycles. The minimum absolute atomic E-state index is 0.161. The summed E-state index contributed by atoms with van der Waals surface area (Å²) >= 11 is 0. The van der Waals surface area contributed by atoms with Crippen LogP contribution < -0.4 is 31.2 Å². The van der Waals surface area contributed by atoms with Crippen molar-refractivity contribution in [3.63, 3.8) is 0 Å². The van der Waals surface area contributed by atoms with Gasteiger partial charge in [0.2, 0.25) is 11.8 Å². The van der Waals surface area contributed by atoms with Crippen molar-refractivity contribution in [2.75, 3.05) is 35.9 Å². The molecule has 9 heteroatoms. The van der Waals surface area contributed by atoms with Gasteiger partial charge in [-0.3, -0.25) is 14.4 Å². The maximum absolute atomic E-state index is 12.9. The van der Waals surface area contributed by atoms with Crippen LogP contribution in [0.4, 0.5) is 22.7 Å². The minimum Gasteiger partial charge on any atom is -0.495 e. The molecule has 2 aromatic carbocycles. The van der Waals surface area contributed by atoms with E-state index in [2.05, 4.69) is 29.1 Å². The highest BCUT2D eigenvalue weighted by molar-refractivity contribution is 6.08. The van der Waals surface area contributed by atoms with Crippen LogP contribution in [0.1, 0.15) is 10.4 Å². The molecular weight excluding hydrogens is 388 g/mol. The fourth-order valence-corrected chi connectivity index (χ4v) is 2.50. The largest absolute Gasteiger partial charge is 0.495 e. The number of carbonyl (C=O) groups is 3. The van der Waals surface area contributed by atoms with Crippen molar-refractivity contribution in [2.45, 2.75) is 0 Å². The van der Waals surface area contributed by atoms with Gasteiger partial charge in [-0.15, -0.1) is 0 Å². The zero-order valence-corrected chi connectivity index (χ0v) is 16.6. The summed E-state index contributed by atoms with van der Waals surface area (Å²) in [6.45, 7) is 6.77. The smallest absolute Gasteiger partial charge is 0.255 e. The molecule has 156 valence electrons. The molecule has 0 spiro atoms. The van der Waals surface area contributed by atoms with Crippen molar-refractivity contribution in [3.05, 3.63) is 61.2 Å². The first kappa shape index (κ1) is 22.0. The number of methoxy groups -OCH3 is 2. The number of anilines is 4. The third-order valence-electron chi connectivity index (χ3n) is 3.90. The van der Waals surface area contributed by atoms with Crippen LogP contribution in [-0.2, 0) is 9.59 Å². The molecule has 30 heavy (non-hydrogen) atoms. The maximum Gasteiger partial charge on any atom is 0.255 e. The van der Waals surface area contributed by atoms with Gasteiger partial charge in [0.15, 0.2) is 0 Å². The molecule has 0 heterocycles. The Labute approximate surface area is 173 Å². The summed E-state index contributed by atoms with van der Waals surface area (Å²) in [5, 5.41) is 7.81. The summed E-state index contributed by atoms with van der Waals surface area (Å²) < 4.78 is 10.4. The Morgan fingerprint density at radius 1 is 0.833 bits per heavy atom. The Bertz CT molecular complexity index is 976. The minimum atomic E-state index is -0.524. The highest BCUT2D eigenvalue weighted by Crippen LogP contribution is 2.35. The number of nitrogens with two attached hydrogens (primary N) is 1. The Morgan fingerprint density at radius 3 is 1.83 bits per heavy atom. The van der Waals surface area contributed by atoms with Crippen LogP contribution in [0, 0.1) is 0 Å². The fraction of sp³-hybridized carbons (Fsp3) is 0.0952. The normalized spacial score (nSPS) is 9.80. The van der Waals surface area contributed by atoms with E-state index in [1.165, 1.54) is 44.6 Å². The van der Waals surface area contributed by atoms with Crippen molar-refractivity contribution in [2.24, 2.45) is 0 Å². The van der Waals surface area contributed by atoms with E-state index in [0.717, 1.165) is 12.2 Å². The Kier molecular flexibility index (Phi) is 7.18. The Hall–Kier alpha value is -4.27. The number of hydrogen-bond donors (Lipinski definition) is 4. The number of benzene rings is 2. The lowest BCUT2D eigenvalue weighted by atomic mass is 10.1. The monoisotopic (exact) mass is 410 g/mol. The van der Waals surface area contributed by atoms with Crippen molar-refractivity contribution < 1.29 is 23.9 Å². The van der Waals surface area contributed by atoms with Gasteiger partial charge < -0.3 is 31.2 Å². The number of rotatable bonds is 8. The molecule has 2 aromatic rings. The molecule has 0 saturated carbocycles. The molecule has 0 unspecified atom stereocenters. The van der Waals surface area contributed by atoms with E-state index >= 15 is 0 Å². The SMILES string of the molecule is C=CC(=O)Nc1cc(NC(=O)C=C)cc(C(=O)Nc2cc(OC)c(N)cc2OC)c1. The third-order valence-corrected chi connectivity index (χ3v) is 3.90. The van der Waals surface area contributed by atoms with Crippen LogP contribution in [0.15, 0.2) is 55.6 Å². The number of nitrogen functional groups attached to an aromatic ring is 1. The van der Waals surface area contributed by atoms with E-state index in [0.29, 0.717) is 22.9 Å². The Balaban J connectivity index is 2.42. The average molecular weight is 410 g/mol. The summed E-state index contributed by atoms with van der Waals surface area (Å²) in [7, 11) is 2.88. The summed E-state index contributed by atoms with van der Waals surface area (Å²) in [5.74, 6) is -0.782. The lowest BCUT2D eigenvalue weighted by Gasteiger charge is -2.15. The zero-order chi connectivity index (χ0) is 22.3. The summed E-state index contributed by atoms with van der Waals surface area (Å²) in [6, 6.07) is 7.43. The first-order valence-electron chi connectivity index (χ1n) is 8.66. The first-order valence-corrected chi connectivity index (χ1v) is 8.66. The maximum atomic E-state index is 12.9. The highest BCUT2D eigenvalue weighted by atomic mass is 16.5. The van der Waals surface area contributed by atoms with Crippen molar-refractivity contribution in [1.29, 1.82) is 0 Å². The molecular formula is C21H22N4O5. The first-order chi connectivity index (χ1) is 14.3. The number of nitrogens with one attached hydrogen (secondary N) is 3. The van der Waals surface area contributed by atoms with Crippen LogP contribution >= 0.6 is 0 Å². The van der Waals surface area contributed by atoms with E-state index < -0.39 is 17.7 Å². The predicted molar refractivity (Wildman–Crippen MR) is 116 cm³/mol. The molecule has 3 amide bonds. The van der Waals surface area contributed by atoms with Gasteiger partial charge in [0.1, 0.15) is 11.5 Å². The number of carbonyl (C=O) groups excluding carboxylic acids is 3. The van der Waals surface area contributed by atoms with E-state index in [1.54, 1.807) is 0 Å². The number of amides is 3. The molecule has 9 nitrogen and oxygen atoms in total. The lowest BCUT2D eigenvalue weighted by molar-refractivity contribution is -0.112. The van der Waals surface area contributed by atoms with Crippen LogP contribution in [0.25, 0.3) is 0 Å². The summed E-state index contributed by atoms with van der Waals surface area (Å²) in [4.78, 5) is 36.2. The third kappa shape index (κ3) is 5.38. The number of hydrogen-bond acceptors (Lipinski definition) is 6. The molecule has 0 aromatic heterocycles. The lowest BCUT2D eigenvalue weighted by Crippen LogP contribution is -2.16. The second-order valence-electron chi connectivity index (χ2n) is 5.93. The van der Waals surface area contributed by atoms with Crippen LogP contribution in [0.3, 0.4) is 0 Å². The van der Waals surface area contributed by atoms with Gasteiger partial charge in [-0.2, -0.15) is 0 Å². The highest BCUT2D eigenvalue weighted by Gasteiger charge is 2.15. The average Bonchev–Trinajstić information content (AvgIpc) is 2.73. The van der Waals surface area contributed by atoms with E-state index in [4.69, 9.17) is 15.2 Å². The second-order valence-corrected chi connectivity index (χ2v) is 5.93. The van der Waals surface area contributed by atoms with Crippen LogP contribution in [0.2, 0.25) is 0 Å². The van der Waals surface area contributed by atoms with Crippen molar-refractivity contribution >= 4 is 40.5 Å². The van der Waals surface area contributed by atoms with Gasteiger partial charge in [-0.1, -0.05) is 13.2 Å². The van der Waals surface area contributed by atoms with Gasteiger partial charge in [-0.05, 0) is 30.4 Å². The standard InChI is InChI=1S/C21H22N4O5/c1-5-19(26)23-13-7-12(8-14(9-13)24-20(27)6-2)21(28)25-16-11-17(29-3)15(22)10-18(16)30-4/h5-11H,1-2,22H2,3-4H3,(H,23,26)(H,24,27)(H,25,28). The molecule has 0 atom stereocenters. The van der Waals surface area contributed by atoms with Gasteiger partial charge >= 0.3 is 0 Å². The summed E-state index contributed by atoms with van der Waals surface area (Å²) in [5.41, 5.74) is 7.26. The van der Waals surface area contributed by atoms with Crippen LogP contribution in [0.5, 0.6) is 11.5 Å². The topological polar surface area (TPSA) is 132 Å². The molecule has 0 fully saturated rings. The molecule has 5 N–H and O–H groups in total. The van der Waals surface area contributed by atoms with Gasteiger partial charge in [0, 0.05) is 29.1 Å². The summed E-state index contributed by atoms with van der Waals surface area (Å²) in [6.07, 6.45) is 2.17. The second kappa shape index (κ2) is 9.78. The quantitative estimate of drug-likeness (QED) is 0.391. The van der Waals surface area contributed by atoms with Gasteiger partial charge in [-0.25, -0.2) is 0 Å². The van der Waals surface area contributed by atoms with E-state index in [1.807, 2.05) is 0 Å². The van der Waals surface area contributed by atoms with Crippen molar-refractivity contribution in [3.8, 4) is 11.5 Å². The van der Waals surface area contributed by atoms with Gasteiger partial charge in [0.25, 0.3) is 5.91 Å². The van der Waals surface area contributed by atoms with Crippen molar-refractivity contribution in [1.82, 2.24) is 0 Å². The van der Waals surface area contributed by atoms with Crippen LogP contribution in [-0.4, -0.2) is 31.9 Å². The molecule has 0 aliphatic heterocycles. The fourth-order valence-electron chi connectivity index (χ4n) is 2.50. The van der Waals surface area contributed by atoms with Gasteiger partial charge in [0.05, 0.1) is 25.6 Å². The molecule has 0 bridgehead atoms. The van der Waals surface area contributed by atoms with E-state index in [-0.39, 0.29) is 16.9 Å².